The van der Waals surface area contributed by atoms with Crippen molar-refractivity contribution in [2.24, 2.45) is 0 Å². The van der Waals surface area contributed by atoms with E-state index in [9.17, 15) is 34.5 Å². The third kappa shape index (κ3) is 7.81. The number of aromatic carboxylic acids is 1. The summed E-state index contributed by atoms with van der Waals surface area (Å²) >= 11 is 0. The van der Waals surface area contributed by atoms with Crippen LogP contribution < -0.4 is 24.3 Å². The monoisotopic (exact) mass is 743 g/mol. The molecule has 0 aliphatic carbocycles. The Morgan fingerprint density at radius 2 is 1.09 bits per heavy atom. The Kier molecular flexibility index (Phi) is 12.6. The van der Waals surface area contributed by atoms with Crippen LogP contribution in [0.5, 0.6) is 34.5 Å². The molecular formula is C41H45NO12. The van der Waals surface area contributed by atoms with E-state index < -0.39 is 29.6 Å². The summed E-state index contributed by atoms with van der Waals surface area (Å²) in [5.41, 5.74) is 3.35. The number of rotatable bonds is 13. The molecule has 0 amide bonds. The molecule has 0 saturated heterocycles. The molecule has 0 aliphatic rings. The molecule has 0 saturated carbocycles. The zero-order valence-electron chi connectivity index (χ0n) is 32.0. The topological polar surface area (TPSA) is 187 Å². The fraction of sp³-hybridized carbons (Fsp3) is 0.317. The first-order chi connectivity index (χ1) is 25.5. The highest BCUT2D eigenvalue weighted by molar-refractivity contribution is 6.00. The highest BCUT2D eigenvalue weighted by Gasteiger charge is 2.31. The Morgan fingerprint density at radius 1 is 0.593 bits per heavy atom. The van der Waals surface area contributed by atoms with Crippen molar-refractivity contribution in [3.63, 3.8) is 0 Å². The van der Waals surface area contributed by atoms with Gasteiger partial charge in [-0.3, -0.25) is 4.79 Å². The smallest absolute Gasteiger partial charge is 0.347 e. The molecule has 0 atom stereocenters. The molecule has 0 fully saturated rings. The molecule has 4 N–H and O–H groups in total. The van der Waals surface area contributed by atoms with E-state index in [-0.39, 0.29) is 87.4 Å². The van der Waals surface area contributed by atoms with Crippen LogP contribution in [0.15, 0.2) is 30.3 Å². The number of carboxylic acid groups (broad SMARTS) is 1. The fourth-order valence-corrected chi connectivity index (χ4v) is 6.38. The second kappa shape index (κ2) is 16.7. The van der Waals surface area contributed by atoms with Crippen LogP contribution >= 0.6 is 0 Å². The number of benzene rings is 4. The lowest BCUT2D eigenvalue weighted by Crippen LogP contribution is -2.25. The minimum Gasteiger partial charge on any atom is -0.507 e. The van der Waals surface area contributed by atoms with E-state index in [1.807, 2.05) is 30.3 Å². The van der Waals surface area contributed by atoms with Crippen LogP contribution in [0.2, 0.25) is 0 Å². The lowest BCUT2D eigenvalue weighted by molar-refractivity contribution is -0.143. The first-order valence-corrected chi connectivity index (χ1v) is 16.9. The third-order valence-electron chi connectivity index (χ3n) is 9.67. The van der Waals surface area contributed by atoms with Gasteiger partial charge in [0.2, 0.25) is 0 Å². The molecule has 0 aliphatic heterocycles. The summed E-state index contributed by atoms with van der Waals surface area (Å²) < 4.78 is 28.2. The van der Waals surface area contributed by atoms with Crippen LogP contribution in [0, 0.1) is 55.4 Å². The highest BCUT2D eigenvalue weighted by atomic mass is 16.5. The molecule has 0 aromatic heterocycles. The van der Waals surface area contributed by atoms with Crippen LogP contribution in [0.25, 0.3) is 0 Å². The van der Waals surface area contributed by atoms with Gasteiger partial charge in [0.25, 0.3) is 0 Å². The number of nitrogens with one attached hydrogen (secondary N) is 1. The van der Waals surface area contributed by atoms with E-state index in [1.54, 1.807) is 41.5 Å². The molecule has 0 heterocycles. The van der Waals surface area contributed by atoms with Gasteiger partial charge < -0.3 is 44.3 Å². The summed E-state index contributed by atoms with van der Waals surface area (Å²) in [7, 11) is 2.68. The standard InChI is InChI=1S/C41H45NO12/c1-19-21(3)35(25(7)37(50-9)31(19)39(46)47)54-41(49)32-20(2)22(4)36(26(8)38(32)51-10)53-40(48)30-23(5)28(33(44)24(6)34(30)45)16-42-17-29(43)52-18-27-14-12-11-13-15-27/h11-15,42,44-45H,16-18H2,1-10H3,(H,46,47). The molecule has 4 rings (SSSR count). The van der Waals surface area contributed by atoms with Gasteiger partial charge in [-0.05, 0) is 88.8 Å². The van der Waals surface area contributed by atoms with E-state index in [4.69, 9.17) is 23.7 Å². The maximum absolute atomic E-state index is 13.9. The minimum atomic E-state index is -1.18. The lowest BCUT2D eigenvalue weighted by atomic mass is 9.95. The van der Waals surface area contributed by atoms with Gasteiger partial charge in [-0.1, -0.05) is 30.3 Å². The Bertz CT molecular complexity index is 2150. The summed E-state index contributed by atoms with van der Waals surface area (Å²) in [5.74, 6) is -3.83. The molecule has 13 nitrogen and oxygen atoms in total. The number of carbonyl (C=O) groups excluding carboxylic acids is 3. The number of hydrogen-bond donors (Lipinski definition) is 4. The molecule has 4 aromatic rings. The van der Waals surface area contributed by atoms with Crippen LogP contribution in [0.1, 0.15) is 86.7 Å². The van der Waals surface area contributed by atoms with Crippen LogP contribution in [0.3, 0.4) is 0 Å². The summed E-state index contributed by atoms with van der Waals surface area (Å²) in [5, 5.41) is 34.7. The largest absolute Gasteiger partial charge is 0.507 e. The molecule has 286 valence electrons. The van der Waals surface area contributed by atoms with Crippen molar-refractivity contribution in [2.75, 3.05) is 20.8 Å². The lowest BCUT2D eigenvalue weighted by Gasteiger charge is -2.23. The SMILES string of the molecule is COc1c(C)c(OC(=O)c2c(C)c(C)c(OC(=O)c3c(C)c(CNCC(=O)OCc4ccccc4)c(O)c(C)c3O)c(C)c2OC)c(C)c(C)c1C(=O)O. The maximum Gasteiger partial charge on any atom is 0.347 e. The molecule has 54 heavy (non-hydrogen) atoms. The molecule has 4 aromatic carbocycles. The van der Waals surface area contributed by atoms with Crippen LogP contribution in [-0.2, 0) is 22.7 Å². The Morgan fingerprint density at radius 3 is 1.61 bits per heavy atom. The predicted octanol–water partition coefficient (Wildman–Crippen LogP) is 6.55. The van der Waals surface area contributed by atoms with Crippen LogP contribution in [0.4, 0.5) is 0 Å². The maximum atomic E-state index is 13.9. The second-order valence-corrected chi connectivity index (χ2v) is 12.9. The van der Waals surface area contributed by atoms with Crippen molar-refractivity contribution in [3.05, 3.63) is 103 Å². The molecular weight excluding hydrogens is 698 g/mol. The second-order valence-electron chi connectivity index (χ2n) is 12.9. The number of phenols is 2. The number of esters is 3. The predicted molar refractivity (Wildman–Crippen MR) is 198 cm³/mol. The number of ether oxygens (including phenoxy) is 5. The van der Waals surface area contributed by atoms with E-state index in [1.165, 1.54) is 28.1 Å². The molecule has 0 spiro atoms. The highest BCUT2D eigenvalue weighted by Crippen LogP contribution is 2.43. The molecule has 0 bridgehead atoms. The molecule has 13 heteroatoms. The Labute approximate surface area is 313 Å². The van der Waals surface area contributed by atoms with Crippen molar-refractivity contribution >= 4 is 23.9 Å². The van der Waals surface area contributed by atoms with Gasteiger partial charge in [-0.2, -0.15) is 0 Å². The number of aromatic hydroxyl groups is 2. The van der Waals surface area contributed by atoms with Crippen LogP contribution in [-0.4, -0.2) is 60.0 Å². The van der Waals surface area contributed by atoms with Crippen molar-refractivity contribution in [1.29, 1.82) is 0 Å². The summed E-state index contributed by atoms with van der Waals surface area (Å²) in [6.45, 7) is 12.6. The van der Waals surface area contributed by atoms with Gasteiger partial charge in [0.15, 0.2) is 0 Å². The van der Waals surface area contributed by atoms with Crippen molar-refractivity contribution in [1.82, 2.24) is 5.32 Å². The summed E-state index contributed by atoms with van der Waals surface area (Å²) in [4.78, 5) is 52.1. The number of carbonyl (C=O) groups is 4. The minimum absolute atomic E-state index is 0.0325. The van der Waals surface area contributed by atoms with Gasteiger partial charge in [0.05, 0.1) is 20.8 Å². The van der Waals surface area contributed by atoms with E-state index in [0.29, 0.717) is 27.8 Å². The number of methoxy groups -OCH3 is 2. The van der Waals surface area contributed by atoms with Crippen molar-refractivity contribution < 1.29 is 58.2 Å². The number of carboxylic acids is 1. The summed E-state index contributed by atoms with van der Waals surface area (Å²) in [6, 6.07) is 9.19. The van der Waals surface area contributed by atoms with Crippen molar-refractivity contribution in [2.45, 2.75) is 68.5 Å². The van der Waals surface area contributed by atoms with E-state index in [0.717, 1.165) is 5.56 Å². The Balaban J connectivity index is 1.63. The van der Waals surface area contributed by atoms with Gasteiger partial charge >= 0.3 is 23.9 Å². The van der Waals surface area contributed by atoms with Gasteiger partial charge in [0, 0.05) is 28.8 Å². The Hall–Kier alpha value is -6.08. The van der Waals surface area contributed by atoms with E-state index >= 15 is 0 Å². The van der Waals surface area contributed by atoms with E-state index in [2.05, 4.69) is 5.32 Å². The summed E-state index contributed by atoms with van der Waals surface area (Å²) in [6.07, 6.45) is 0. The average molecular weight is 744 g/mol. The quantitative estimate of drug-likeness (QED) is 0.0854. The third-order valence-corrected chi connectivity index (χ3v) is 9.67. The first kappa shape index (κ1) is 40.7. The van der Waals surface area contributed by atoms with Gasteiger partial charge in [-0.25, -0.2) is 14.4 Å². The zero-order valence-corrected chi connectivity index (χ0v) is 32.0. The molecule has 0 radical (unpaired) electrons. The van der Waals surface area contributed by atoms with Gasteiger partial charge in [0.1, 0.15) is 57.8 Å². The molecule has 0 unspecified atom stereocenters. The number of hydrogen-bond acceptors (Lipinski definition) is 12. The fourth-order valence-electron chi connectivity index (χ4n) is 6.38. The van der Waals surface area contributed by atoms with Gasteiger partial charge in [-0.15, -0.1) is 0 Å². The first-order valence-electron chi connectivity index (χ1n) is 16.9. The van der Waals surface area contributed by atoms with Crippen molar-refractivity contribution in [3.8, 4) is 34.5 Å². The zero-order chi connectivity index (χ0) is 40.2. The number of phenolic OH excluding ortho intramolecular Hbond substituents is 2. The average Bonchev–Trinajstić information content (AvgIpc) is 3.14. The normalized spacial score (nSPS) is 10.9.